The minimum Gasteiger partial charge on any atom is -0.353 e. The number of benzene rings is 2. The monoisotopic (exact) mass is 343 g/mol. The van der Waals surface area contributed by atoms with E-state index in [1.54, 1.807) is 0 Å². The number of rotatable bonds is 4. The summed E-state index contributed by atoms with van der Waals surface area (Å²) in [6.07, 6.45) is 0.895. The summed E-state index contributed by atoms with van der Waals surface area (Å²) in [6.45, 7) is 4.74. The number of nitrogens with one attached hydrogen (secondary N) is 2. The minimum absolute atomic E-state index is 0.132. The Bertz CT molecular complexity index is 1090. The van der Waals surface area contributed by atoms with Crippen molar-refractivity contribution < 1.29 is 4.79 Å². The van der Waals surface area contributed by atoms with Crippen LogP contribution in [-0.4, -0.2) is 22.4 Å². The highest BCUT2D eigenvalue weighted by molar-refractivity contribution is 6.13. The highest BCUT2D eigenvalue weighted by Gasteiger charge is 2.16. The van der Waals surface area contributed by atoms with Crippen LogP contribution in [0.1, 0.15) is 29.4 Å². The van der Waals surface area contributed by atoms with Gasteiger partial charge in [-0.2, -0.15) is 0 Å². The fraction of sp³-hybridized carbons (Fsp3) is 0.182. The Balaban J connectivity index is 1.98. The quantitative estimate of drug-likeness (QED) is 0.557. The molecule has 0 aliphatic heterocycles. The van der Waals surface area contributed by atoms with E-state index in [1.807, 2.05) is 31.2 Å². The Kier molecular flexibility index (Phi) is 4.17. The Morgan fingerprint density at radius 1 is 1.08 bits per heavy atom. The highest BCUT2D eigenvalue weighted by Crippen LogP contribution is 2.32. The summed E-state index contributed by atoms with van der Waals surface area (Å²) in [5.41, 5.74) is 5.45. The molecular formula is C22H21N3O. The van der Waals surface area contributed by atoms with Gasteiger partial charge >= 0.3 is 0 Å². The standard InChI is InChI=1S/C22H21N3O/c1-3-12-23-22(26)19-13-17-16-6-4-5-7-18(16)24-21(17)20(25-19)15-10-8-14(2)9-11-15/h4-11,13,24H,3,12H2,1-2H3,(H,23,26). The molecule has 0 bridgehead atoms. The van der Waals surface area contributed by atoms with Crippen molar-refractivity contribution in [3.8, 4) is 11.3 Å². The normalized spacial score (nSPS) is 11.2. The zero-order valence-corrected chi connectivity index (χ0v) is 15.0. The van der Waals surface area contributed by atoms with Crippen molar-refractivity contribution in [2.45, 2.75) is 20.3 Å². The number of aryl methyl sites for hydroxylation is 1. The molecule has 0 spiro atoms. The average Bonchev–Trinajstić information content (AvgIpc) is 3.05. The van der Waals surface area contributed by atoms with Crippen LogP contribution in [0.25, 0.3) is 33.1 Å². The molecule has 130 valence electrons. The summed E-state index contributed by atoms with van der Waals surface area (Å²) in [5.74, 6) is -0.132. The Hall–Kier alpha value is -3.14. The van der Waals surface area contributed by atoms with E-state index >= 15 is 0 Å². The largest absolute Gasteiger partial charge is 0.353 e. The molecular weight excluding hydrogens is 322 g/mol. The fourth-order valence-electron chi connectivity index (χ4n) is 3.21. The van der Waals surface area contributed by atoms with Gasteiger partial charge in [0, 0.05) is 28.4 Å². The van der Waals surface area contributed by atoms with E-state index < -0.39 is 0 Å². The number of H-pyrrole nitrogens is 1. The summed E-state index contributed by atoms with van der Waals surface area (Å²) < 4.78 is 0. The van der Waals surface area contributed by atoms with Crippen molar-refractivity contribution in [1.29, 1.82) is 0 Å². The van der Waals surface area contributed by atoms with E-state index in [2.05, 4.69) is 47.6 Å². The zero-order chi connectivity index (χ0) is 18.1. The van der Waals surface area contributed by atoms with Gasteiger partial charge < -0.3 is 10.3 Å². The first kappa shape index (κ1) is 16.3. The van der Waals surface area contributed by atoms with Gasteiger partial charge in [0.05, 0.1) is 11.2 Å². The second-order valence-corrected chi connectivity index (χ2v) is 6.57. The number of hydrogen-bond acceptors (Lipinski definition) is 2. The Morgan fingerprint density at radius 3 is 2.62 bits per heavy atom. The lowest BCUT2D eigenvalue weighted by atomic mass is 10.1. The molecule has 2 heterocycles. The summed E-state index contributed by atoms with van der Waals surface area (Å²) in [6, 6.07) is 18.3. The number of carbonyl (C=O) groups excluding carboxylic acids is 1. The predicted molar refractivity (Wildman–Crippen MR) is 106 cm³/mol. The van der Waals surface area contributed by atoms with Gasteiger partial charge in [0.25, 0.3) is 5.91 Å². The number of fused-ring (bicyclic) bond motifs is 3. The van der Waals surface area contributed by atoms with Crippen LogP contribution < -0.4 is 5.32 Å². The summed E-state index contributed by atoms with van der Waals surface area (Å²) in [4.78, 5) is 20.7. The molecule has 0 fully saturated rings. The number of carbonyl (C=O) groups is 1. The third kappa shape index (κ3) is 2.84. The van der Waals surface area contributed by atoms with Crippen molar-refractivity contribution in [1.82, 2.24) is 15.3 Å². The molecule has 26 heavy (non-hydrogen) atoms. The fourth-order valence-corrected chi connectivity index (χ4v) is 3.21. The van der Waals surface area contributed by atoms with E-state index in [-0.39, 0.29) is 5.91 Å². The van der Waals surface area contributed by atoms with Crippen LogP contribution in [0.3, 0.4) is 0 Å². The predicted octanol–water partition coefficient (Wildman–Crippen LogP) is 4.83. The van der Waals surface area contributed by atoms with E-state index in [0.717, 1.165) is 39.5 Å². The van der Waals surface area contributed by atoms with Crippen LogP contribution in [-0.2, 0) is 0 Å². The summed E-state index contributed by atoms with van der Waals surface area (Å²) >= 11 is 0. The van der Waals surface area contributed by atoms with Crippen molar-refractivity contribution in [2.75, 3.05) is 6.54 Å². The molecule has 0 unspecified atom stereocenters. The van der Waals surface area contributed by atoms with Crippen LogP contribution in [0.2, 0.25) is 0 Å². The van der Waals surface area contributed by atoms with Gasteiger partial charge in [-0.05, 0) is 25.5 Å². The van der Waals surface area contributed by atoms with Gasteiger partial charge in [-0.1, -0.05) is 55.0 Å². The SMILES string of the molecule is CCCNC(=O)c1cc2c([nH]c3ccccc32)c(-c2ccc(C)cc2)n1. The molecule has 1 amide bonds. The molecule has 4 aromatic rings. The van der Waals surface area contributed by atoms with Crippen LogP contribution in [0.4, 0.5) is 0 Å². The second kappa shape index (κ2) is 6.64. The van der Waals surface area contributed by atoms with E-state index in [0.29, 0.717) is 12.2 Å². The number of hydrogen-bond donors (Lipinski definition) is 2. The number of aromatic nitrogens is 2. The molecule has 0 radical (unpaired) electrons. The van der Waals surface area contributed by atoms with Gasteiger partial charge in [0.2, 0.25) is 0 Å². The number of aromatic amines is 1. The van der Waals surface area contributed by atoms with Gasteiger partial charge in [0.15, 0.2) is 0 Å². The van der Waals surface area contributed by atoms with Crippen LogP contribution in [0.15, 0.2) is 54.6 Å². The van der Waals surface area contributed by atoms with Gasteiger partial charge in [-0.15, -0.1) is 0 Å². The minimum atomic E-state index is -0.132. The maximum absolute atomic E-state index is 12.6. The maximum Gasteiger partial charge on any atom is 0.269 e. The zero-order valence-electron chi connectivity index (χ0n) is 15.0. The Labute approximate surface area is 152 Å². The molecule has 0 aliphatic rings. The van der Waals surface area contributed by atoms with Crippen LogP contribution in [0, 0.1) is 6.92 Å². The van der Waals surface area contributed by atoms with Crippen LogP contribution >= 0.6 is 0 Å². The maximum atomic E-state index is 12.6. The topological polar surface area (TPSA) is 57.8 Å². The number of amides is 1. The molecule has 0 aliphatic carbocycles. The highest BCUT2D eigenvalue weighted by atomic mass is 16.1. The van der Waals surface area contributed by atoms with Crippen molar-refractivity contribution in [2.24, 2.45) is 0 Å². The lowest BCUT2D eigenvalue weighted by Gasteiger charge is -2.08. The lowest BCUT2D eigenvalue weighted by molar-refractivity contribution is 0.0949. The molecule has 0 saturated carbocycles. The number of nitrogens with zero attached hydrogens (tertiary/aromatic N) is 1. The van der Waals surface area contributed by atoms with E-state index in [4.69, 9.17) is 4.98 Å². The van der Waals surface area contributed by atoms with Crippen molar-refractivity contribution in [3.63, 3.8) is 0 Å². The first-order valence-corrected chi connectivity index (χ1v) is 8.94. The van der Waals surface area contributed by atoms with Gasteiger partial charge in [0.1, 0.15) is 5.69 Å². The van der Waals surface area contributed by atoms with Gasteiger partial charge in [-0.3, -0.25) is 4.79 Å². The van der Waals surface area contributed by atoms with Crippen LogP contribution in [0.5, 0.6) is 0 Å². The Morgan fingerprint density at radius 2 is 1.85 bits per heavy atom. The van der Waals surface area contributed by atoms with E-state index in [1.165, 1.54) is 5.56 Å². The first-order chi connectivity index (χ1) is 12.7. The third-order valence-electron chi connectivity index (χ3n) is 4.59. The smallest absolute Gasteiger partial charge is 0.269 e. The third-order valence-corrected chi connectivity index (χ3v) is 4.59. The molecule has 4 nitrogen and oxygen atoms in total. The average molecular weight is 343 g/mol. The molecule has 2 N–H and O–H groups in total. The molecule has 4 rings (SSSR count). The lowest BCUT2D eigenvalue weighted by Crippen LogP contribution is -2.25. The number of para-hydroxylation sites is 1. The van der Waals surface area contributed by atoms with Gasteiger partial charge in [-0.25, -0.2) is 4.98 Å². The molecule has 0 saturated heterocycles. The molecule has 2 aromatic carbocycles. The first-order valence-electron chi connectivity index (χ1n) is 8.94. The summed E-state index contributed by atoms with van der Waals surface area (Å²) in [7, 11) is 0. The van der Waals surface area contributed by atoms with Crippen molar-refractivity contribution >= 4 is 27.7 Å². The molecule has 4 heteroatoms. The van der Waals surface area contributed by atoms with E-state index in [9.17, 15) is 4.79 Å². The molecule has 0 atom stereocenters. The second-order valence-electron chi connectivity index (χ2n) is 6.57. The number of pyridine rings is 1. The molecule has 2 aromatic heterocycles. The summed E-state index contributed by atoms with van der Waals surface area (Å²) in [5, 5.41) is 5.05. The van der Waals surface area contributed by atoms with Crippen molar-refractivity contribution in [3.05, 3.63) is 65.9 Å².